The zero-order chi connectivity index (χ0) is 17.2. The number of pyridine rings is 1. The number of benzene rings is 1. The molecule has 1 N–H and O–H groups in total. The molecule has 4 rings (SSSR count). The number of rotatable bonds is 4. The number of carbonyl (C=O) groups is 1. The maximum Gasteiger partial charge on any atom is 0.272 e. The monoisotopic (exact) mass is 334 g/mol. The largest absolute Gasteiger partial charge is 0.347 e. The highest BCUT2D eigenvalue weighted by Gasteiger charge is 2.28. The Morgan fingerprint density at radius 1 is 1.20 bits per heavy atom. The smallest absolute Gasteiger partial charge is 0.272 e. The molecule has 1 amide bonds. The molecule has 1 saturated heterocycles. The molecule has 5 nitrogen and oxygen atoms in total. The summed E-state index contributed by atoms with van der Waals surface area (Å²) in [5.74, 6) is 0.833. The van der Waals surface area contributed by atoms with E-state index in [1.807, 2.05) is 54.7 Å². The van der Waals surface area contributed by atoms with Crippen LogP contribution in [0, 0.1) is 0 Å². The van der Waals surface area contributed by atoms with Gasteiger partial charge in [-0.15, -0.1) is 0 Å². The number of fused-ring (bicyclic) bond motifs is 1. The molecule has 128 valence electrons. The predicted molar refractivity (Wildman–Crippen MR) is 97.4 cm³/mol. The lowest BCUT2D eigenvalue weighted by atomic mass is 10.2. The minimum Gasteiger partial charge on any atom is -0.347 e. The van der Waals surface area contributed by atoms with Gasteiger partial charge in [0, 0.05) is 12.7 Å². The first-order valence-corrected chi connectivity index (χ1v) is 8.73. The number of likely N-dealkylation sites (tertiary alicyclic amines) is 1. The van der Waals surface area contributed by atoms with E-state index in [2.05, 4.69) is 21.7 Å². The van der Waals surface area contributed by atoms with Crippen LogP contribution in [0.15, 0.2) is 54.7 Å². The molecule has 1 atom stereocenters. The number of carbonyl (C=O) groups excluding carboxylic acids is 1. The summed E-state index contributed by atoms with van der Waals surface area (Å²) in [6.07, 6.45) is 4.24. The van der Waals surface area contributed by atoms with Crippen molar-refractivity contribution in [3.05, 3.63) is 71.8 Å². The summed E-state index contributed by atoms with van der Waals surface area (Å²) in [6, 6.07) is 16.1. The van der Waals surface area contributed by atoms with Crippen LogP contribution in [0.5, 0.6) is 0 Å². The van der Waals surface area contributed by atoms with Gasteiger partial charge < -0.3 is 9.72 Å². The number of hydrogen-bond acceptors (Lipinski definition) is 3. The van der Waals surface area contributed by atoms with Crippen LogP contribution in [-0.4, -0.2) is 33.8 Å². The second-order valence-electron chi connectivity index (χ2n) is 6.58. The summed E-state index contributed by atoms with van der Waals surface area (Å²) in [6.45, 7) is 1.58. The molecule has 3 heterocycles. The first kappa shape index (κ1) is 15.8. The van der Waals surface area contributed by atoms with Crippen LogP contribution in [0.25, 0.3) is 5.52 Å². The summed E-state index contributed by atoms with van der Waals surface area (Å²) in [5, 5.41) is 2.99. The maximum atomic E-state index is 12.7. The summed E-state index contributed by atoms with van der Waals surface area (Å²) in [4.78, 5) is 19.8. The molecule has 1 aliphatic rings. The Bertz CT molecular complexity index is 887. The first-order valence-electron chi connectivity index (χ1n) is 8.73. The zero-order valence-electron chi connectivity index (χ0n) is 14.4. The molecule has 0 aliphatic carbocycles. The molecule has 0 spiro atoms. The topological polar surface area (TPSA) is 49.6 Å². The third kappa shape index (κ3) is 3.03. The molecule has 1 unspecified atom stereocenters. The summed E-state index contributed by atoms with van der Waals surface area (Å²) < 4.78 is 2.06. The molecule has 1 fully saturated rings. The number of nitrogens with one attached hydrogen (secondary N) is 1. The highest BCUT2D eigenvalue weighted by atomic mass is 16.1. The van der Waals surface area contributed by atoms with E-state index in [9.17, 15) is 4.79 Å². The van der Waals surface area contributed by atoms with Crippen molar-refractivity contribution in [2.75, 3.05) is 13.6 Å². The zero-order valence-corrected chi connectivity index (χ0v) is 14.4. The molecule has 3 aromatic rings. The fourth-order valence-corrected chi connectivity index (χ4v) is 3.56. The van der Waals surface area contributed by atoms with Gasteiger partial charge in [-0.25, -0.2) is 4.98 Å². The van der Waals surface area contributed by atoms with E-state index < -0.39 is 0 Å². The number of aromatic nitrogens is 2. The van der Waals surface area contributed by atoms with Crippen molar-refractivity contribution in [2.45, 2.75) is 25.4 Å². The highest BCUT2D eigenvalue weighted by Crippen LogP contribution is 2.31. The van der Waals surface area contributed by atoms with Gasteiger partial charge in [-0.2, -0.15) is 0 Å². The number of nitrogens with zero attached hydrogens (tertiary/aromatic N) is 3. The normalized spacial score (nSPS) is 17.9. The molecule has 2 aromatic heterocycles. The Balaban J connectivity index is 1.64. The van der Waals surface area contributed by atoms with E-state index in [1.165, 1.54) is 6.42 Å². The van der Waals surface area contributed by atoms with E-state index in [4.69, 9.17) is 4.98 Å². The number of hydrogen-bond donors (Lipinski definition) is 1. The Labute approximate surface area is 147 Å². The predicted octanol–water partition coefficient (Wildman–Crippen LogP) is 3.03. The average Bonchev–Trinajstić information content (AvgIpc) is 3.24. The molecular weight excluding hydrogens is 312 g/mol. The van der Waals surface area contributed by atoms with Crippen molar-refractivity contribution in [3.8, 4) is 0 Å². The highest BCUT2D eigenvalue weighted by molar-refractivity contribution is 5.99. The molecule has 0 radical (unpaired) electrons. The van der Waals surface area contributed by atoms with Crippen LogP contribution in [0.2, 0.25) is 0 Å². The summed E-state index contributed by atoms with van der Waals surface area (Å²) >= 11 is 0. The molecule has 25 heavy (non-hydrogen) atoms. The second kappa shape index (κ2) is 6.69. The Kier molecular flexibility index (Phi) is 4.24. The van der Waals surface area contributed by atoms with Gasteiger partial charge in [-0.3, -0.25) is 9.69 Å². The third-order valence-corrected chi connectivity index (χ3v) is 4.91. The standard InChI is InChI=1S/C20H22N4O/c1-23-12-7-11-17(23)19-22-18(16-10-5-6-13-24(16)19)20(25)21-14-15-8-3-2-4-9-15/h2-6,8-10,13,17H,7,11-12,14H2,1H3,(H,21,25). The van der Waals surface area contributed by atoms with Crippen molar-refractivity contribution in [3.63, 3.8) is 0 Å². The summed E-state index contributed by atoms with van der Waals surface area (Å²) in [5.41, 5.74) is 2.45. The molecule has 1 aliphatic heterocycles. The van der Waals surface area contributed by atoms with Crippen LogP contribution in [0.4, 0.5) is 0 Å². The van der Waals surface area contributed by atoms with Gasteiger partial charge in [0.05, 0.1) is 11.6 Å². The quantitative estimate of drug-likeness (QED) is 0.798. The van der Waals surface area contributed by atoms with E-state index in [1.54, 1.807) is 0 Å². The minimum atomic E-state index is -0.126. The van der Waals surface area contributed by atoms with Crippen LogP contribution in [0.3, 0.4) is 0 Å². The molecule has 1 aromatic carbocycles. The van der Waals surface area contributed by atoms with Crippen molar-refractivity contribution in [1.82, 2.24) is 19.6 Å². The first-order chi connectivity index (χ1) is 12.2. The van der Waals surface area contributed by atoms with E-state index in [0.29, 0.717) is 12.2 Å². The minimum absolute atomic E-state index is 0.126. The molecule has 5 heteroatoms. The third-order valence-electron chi connectivity index (χ3n) is 4.91. The molecular formula is C20H22N4O. The van der Waals surface area contributed by atoms with Crippen molar-refractivity contribution < 1.29 is 4.79 Å². The van der Waals surface area contributed by atoms with Gasteiger partial charge in [0.1, 0.15) is 5.82 Å². The molecule has 0 saturated carbocycles. The van der Waals surface area contributed by atoms with Crippen LogP contribution in [0.1, 0.15) is 40.8 Å². The second-order valence-corrected chi connectivity index (χ2v) is 6.58. The SMILES string of the molecule is CN1CCCC1c1nc(C(=O)NCc2ccccc2)c2ccccn12. The maximum absolute atomic E-state index is 12.7. The fraction of sp³-hybridized carbons (Fsp3) is 0.300. The van der Waals surface area contributed by atoms with Crippen molar-refractivity contribution in [2.24, 2.45) is 0 Å². The summed E-state index contributed by atoms with van der Waals surface area (Å²) in [7, 11) is 2.12. The fourth-order valence-electron chi connectivity index (χ4n) is 3.56. The lowest BCUT2D eigenvalue weighted by Gasteiger charge is -2.17. The van der Waals surface area contributed by atoms with E-state index >= 15 is 0 Å². The Morgan fingerprint density at radius 2 is 2.00 bits per heavy atom. The molecule has 0 bridgehead atoms. The Hall–Kier alpha value is -2.66. The van der Waals surface area contributed by atoms with Crippen molar-refractivity contribution >= 4 is 11.4 Å². The van der Waals surface area contributed by atoms with Gasteiger partial charge >= 0.3 is 0 Å². The Morgan fingerprint density at radius 3 is 2.76 bits per heavy atom. The van der Waals surface area contributed by atoms with Gasteiger partial charge in [-0.1, -0.05) is 36.4 Å². The van der Waals surface area contributed by atoms with E-state index in [-0.39, 0.29) is 11.9 Å². The van der Waals surface area contributed by atoms with Crippen LogP contribution >= 0.6 is 0 Å². The van der Waals surface area contributed by atoms with Gasteiger partial charge in [0.25, 0.3) is 5.91 Å². The van der Waals surface area contributed by atoms with Gasteiger partial charge in [-0.05, 0) is 44.1 Å². The lowest BCUT2D eigenvalue weighted by Crippen LogP contribution is -2.23. The van der Waals surface area contributed by atoms with Gasteiger partial charge in [0.15, 0.2) is 5.69 Å². The van der Waals surface area contributed by atoms with Crippen LogP contribution in [-0.2, 0) is 6.54 Å². The number of amides is 1. The lowest BCUT2D eigenvalue weighted by molar-refractivity contribution is 0.0947. The average molecular weight is 334 g/mol. The van der Waals surface area contributed by atoms with Crippen molar-refractivity contribution in [1.29, 1.82) is 0 Å². The van der Waals surface area contributed by atoms with Gasteiger partial charge in [0.2, 0.25) is 0 Å². The van der Waals surface area contributed by atoms with E-state index in [0.717, 1.165) is 29.9 Å². The number of imidazole rings is 1. The van der Waals surface area contributed by atoms with Crippen LogP contribution < -0.4 is 5.32 Å².